The van der Waals surface area contributed by atoms with Crippen molar-refractivity contribution >= 4 is 11.3 Å². The zero-order valence-corrected chi connectivity index (χ0v) is 6.90. The molecule has 1 aliphatic carbocycles. The van der Waals surface area contributed by atoms with Crippen molar-refractivity contribution in [3.05, 3.63) is 27.5 Å². The normalized spacial score (nSPS) is 16.3. The van der Waals surface area contributed by atoms with Crippen LogP contribution in [0.5, 0.6) is 0 Å². The van der Waals surface area contributed by atoms with Crippen LogP contribution in [0.1, 0.15) is 29.3 Å². The molecule has 0 aromatic carbocycles. The third-order valence-corrected chi connectivity index (χ3v) is 2.69. The molecule has 0 atom stereocenters. The second-order valence-corrected chi connectivity index (χ2v) is 3.69. The maximum absolute atomic E-state index is 6.74. The zero-order chi connectivity index (χ0) is 7.68. The van der Waals surface area contributed by atoms with Gasteiger partial charge in [0.1, 0.15) is 4.88 Å². The number of thiazole rings is 1. The minimum atomic E-state index is 0.524. The Morgan fingerprint density at radius 1 is 1.73 bits per heavy atom. The Bertz CT molecular complexity index is 293. The molecule has 0 N–H and O–H groups in total. The van der Waals surface area contributed by atoms with Gasteiger partial charge in [-0.1, -0.05) is 0 Å². The van der Waals surface area contributed by atoms with E-state index in [0.717, 1.165) is 0 Å². The first-order valence-corrected chi connectivity index (χ1v) is 4.55. The van der Waals surface area contributed by atoms with E-state index in [1.165, 1.54) is 23.4 Å². The van der Waals surface area contributed by atoms with E-state index in [4.69, 9.17) is 6.57 Å². The monoisotopic (exact) mass is 164 g/mol. The van der Waals surface area contributed by atoms with Gasteiger partial charge >= 0.3 is 0 Å². The van der Waals surface area contributed by atoms with E-state index in [9.17, 15) is 0 Å². The average Bonchev–Trinajstić information content (AvgIpc) is 2.75. The highest BCUT2D eigenvalue weighted by atomic mass is 32.1. The summed E-state index contributed by atoms with van der Waals surface area (Å²) in [6, 6.07) is 0. The lowest BCUT2D eigenvalue weighted by molar-refractivity contribution is 1.02. The molecule has 0 spiro atoms. The molecular weight excluding hydrogens is 156 g/mol. The van der Waals surface area contributed by atoms with Gasteiger partial charge in [-0.15, -0.1) is 11.3 Å². The Hall–Kier alpha value is -0.880. The first-order chi connectivity index (χ1) is 5.42. The van der Waals surface area contributed by atoms with Crippen LogP contribution >= 0.6 is 11.3 Å². The van der Waals surface area contributed by atoms with Crippen LogP contribution in [0.3, 0.4) is 0 Å². The van der Waals surface area contributed by atoms with Gasteiger partial charge < -0.3 is 4.85 Å². The summed E-state index contributed by atoms with van der Waals surface area (Å²) >= 11 is 1.62. The van der Waals surface area contributed by atoms with Gasteiger partial charge in [0, 0.05) is 5.92 Å². The maximum Gasteiger partial charge on any atom is 0.250 e. The minimum Gasteiger partial charge on any atom is -0.311 e. The third-order valence-electron chi connectivity index (χ3n) is 1.86. The fraction of sp³-hybridized carbons (Fsp3) is 0.500. The molecule has 1 aromatic heterocycles. The molecular formula is C8H8N2S. The van der Waals surface area contributed by atoms with Crippen LogP contribution in [0.15, 0.2) is 5.51 Å². The maximum atomic E-state index is 6.74. The van der Waals surface area contributed by atoms with Crippen LogP contribution in [0, 0.1) is 6.57 Å². The fourth-order valence-corrected chi connectivity index (χ4v) is 1.93. The average molecular weight is 164 g/mol. The highest BCUT2D eigenvalue weighted by Gasteiger charge is 2.28. The lowest BCUT2D eigenvalue weighted by Gasteiger charge is -1.90. The van der Waals surface area contributed by atoms with Crippen LogP contribution in [0.4, 0.5) is 0 Å². The van der Waals surface area contributed by atoms with Crippen LogP contribution in [0.2, 0.25) is 0 Å². The molecule has 1 fully saturated rings. The van der Waals surface area contributed by atoms with E-state index in [1.807, 2.05) is 5.51 Å². The summed E-state index contributed by atoms with van der Waals surface area (Å²) < 4.78 is 0. The molecule has 56 valence electrons. The molecule has 1 heterocycles. The van der Waals surface area contributed by atoms with Crippen molar-refractivity contribution < 1.29 is 0 Å². The third kappa shape index (κ3) is 1.26. The van der Waals surface area contributed by atoms with Gasteiger partial charge in [-0.25, -0.2) is 11.6 Å². The summed E-state index contributed by atoms with van der Waals surface area (Å²) in [5.74, 6) is 0.693. The second-order valence-electron chi connectivity index (χ2n) is 2.75. The second kappa shape index (κ2) is 2.63. The Labute approximate surface area is 69.7 Å². The lowest BCUT2D eigenvalue weighted by Crippen LogP contribution is -1.84. The van der Waals surface area contributed by atoms with Gasteiger partial charge in [-0.3, -0.25) is 0 Å². The first kappa shape index (κ1) is 6.81. The number of nitrogens with zero attached hydrogens (tertiary/aromatic N) is 2. The summed E-state index contributed by atoms with van der Waals surface area (Å²) in [7, 11) is 0. The van der Waals surface area contributed by atoms with Crippen molar-refractivity contribution in [3.8, 4) is 0 Å². The number of hydrogen-bond acceptors (Lipinski definition) is 2. The van der Waals surface area contributed by atoms with E-state index in [2.05, 4.69) is 9.83 Å². The van der Waals surface area contributed by atoms with Crippen molar-refractivity contribution in [1.29, 1.82) is 0 Å². The minimum absolute atomic E-state index is 0.524. The van der Waals surface area contributed by atoms with E-state index in [0.29, 0.717) is 12.5 Å². The molecule has 0 bridgehead atoms. The molecule has 11 heavy (non-hydrogen) atoms. The topological polar surface area (TPSA) is 17.2 Å². The summed E-state index contributed by atoms with van der Waals surface area (Å²) in [6.45, 7) is 7.27. The highest BCUT2D eigenvalue weighted by molar-refractivity contribution is 7.09. The van der Waals surface area contributed by atoms with Gasteiger partial charge in [-0.2, -0.15) is 0 Å². The van der Waals surface area contributed by atoms with E-state index in [1.54, 1.807) is 11.3 Å². The Kier molecular flexibility index (Phi) is 1.63. The zero-order valence-electron chi connectivity index (χ0n) is 6.08. The number of rotatable bonds is 2. The van der Waals surface area contributed by atoms with E-state index < -0.39 is 0 Å². The Morgan fingerprint density at radius 2 is 2.55 bits per heavy atom. The van der Waals surface area contributed by atoms with E-state index >= 15 is 0 Å². The number of aromatic nitrogens is 1. The predicted octanol–water partition coefficient (Wildman–Crippen LogP) is 2.44. The quantitative estimate of drug-likeness (QED) is 0.614. The molecule has 0 unspecified atom stereocenters. The van der Waals surface area contributed by atoms with Crippen LogP contribution < -0.4 is 0 Å². The van der Waals surface area contributed by atoms with E-state index in [-0.39, 0.29) is 0 Å². The summed E-state index contributed by atoms with van der Waals surface area (Å²) in [6.07, 6.45) is 2.55. The molecule has 2 nitrogen and oxygen atoms in total. The molecule has 1 aliphatic rings. The molecule has 0 saturated heterocycles. The molecule has 1 saturated carbocycles. The van der Waals surface area contributed by atoms with Crippen LogP contribution in [-0.4, -0.2) is 4.98 Å². The van der Waals surface area contributed by atoms with Crippen molar-refractivity contribution in [2.45, 2.75) is 25.3 Å². The summed E-state index contributed by atoms with van der Waals surface area (Å²) in [5.41, 5.74) is 3.06. The molecule has 0 amide bonds. The van der Waals surface area contributed by atoms with Crippen molar-refractivity contribution in [3.63, 3.8) is 0 Å². The van der Waals surface area contributed by atoms with Crippen molar-refractivity contribution in [2.24, 2.45) is 0 Å². The smallest absolute Gasteiger partial charge is 0.250 e. The fourth-order valence-electron chi connectivity index (χ4n) is 1.16. The van der Waals surface area contributed by atoms with Crippen molar-refractivity contribution in [2.75, 3.05) is 0 Å². The van der Waals surface area contributed by atoms with Crippen molar-refractivity contribution in [1.82, 2.24) is 4.98 Å². The summed E-state index contributed by atoms with van der Waals surface area (Å²) in [5, 5.41) is 0. The van der Waals surface area contributed by atoms with Gasteiger partial charge in [0.15, 0.2) is 0 Å². The van der Waals surface area contributed by atoms with Gasteiger partial charge in [-0.05, 0) is 12.8 Å². The van der Waals surface area contributed by atoms with Gasteiger partial charge in [0.05, 0.1) is 11.2 Å². The molecule has 1 aromatic rings. The van der Waals surface area contributed by atoms with Gasteiger partial charge in [0.2, 0.25) is 0 Å². The predicted molar refractivity (Wildman–Crippen MR) is 44.4 cm³/mol. The SMILES string of the molecule is [C-]#[N+]Cc1scnc1C1CC1. The Balaban J connectivity index is 2.24. The largest absolute Gasteiger partial charge is 0.311 e. The molecule has 3 heteroatoms. The standard InChI is InChI=1S/C8H8N2S/c1-9-4-7-8(6-2-3-6)10-5-11-7/h5-6H,2-4H2. The molecule has 2 rings (SSSR count). The van der Waals surface area contributed by atoms with Gasteiger partial charge in [0.25, 0.3) is 6.54 Å². The molecule has 0 aliphatic heterocycles. The summed E-state index contributed by atoms with van der Waals surface area (Å²) in [4.78, 5) is 8.82. The first-order valence-electron chi connectivity index (χ1n) is 3.67. The van der Waals surface area contributed by atoms with Crippen LogP contribution in [0.25, 0.3) is 4.85 Å². The Morgan fingerprint density at radius 3 is 3.18 bits per heavy atom. The molecule has 0 radical (unpaired) electrons. The number of hydrogen-bond donors (Lipinski definition) is 0. The lowest BCUT2D eigenvalue weighted by atomic mass is 10.2. The van der Waals surface area contributed by atoms with Crippen LogP contribution in [-0.2, 0) is 6.54 Å². The highest BCUT2D eigenvalue weighted by Crippen LogP contribution is 2.41.